The van der Waals surface area contributed by atoms with Crippen molar-refractivity contribution in [3.05, 3.63) is 29.8 Å². The van der Waals surface area contributed by atoms with Gasteiger partial charge in [0, 0.05) is 6.42 Å². The van der Waals surface area contributed by atoms with Crippen molar-refractivity contribution in [1.82, 2.24) is 5.32 Å². The number of nitrogens with zero attached hydrogens (tertiary/aromatic N) is 2. The summed E-state index contributed by atoms with van der Waals surface area (Å²) in [6.07, 6.45) is 4.26. The number of carboxylic acid groups (broad SMARTS) is 1. The summed E-state index contributed by atoms with van der Waals surface area (Å²) >= 11 is 1.35. The number of hydrogen-bond acceptors (Lipinski definition) is 4. The predicted octanol–water partition coefficient (Wildman–Crippen LogP) is 2.12. The third kappa shape index (κ3) is 4.89. The Bertz CT molecular complexity index is 477. The highest BCUT2D eigenvalue weighted by Crippen LogP contribution is 2.15. The predicted molar refractivity (Wildman–Crippen MR) is 71.8 cm³/mol. The summed E-state index contributed by atoms with van der Waals surface area (Å²) in [5.74, 6) is -0.806. The summed E-state index contributed by atoms with van der Waals surface area (Å²) in [5.41, 5.74) is 1.68. The maximum Gasteiger partial charge on any atom is 0.303 e. The Morgan fingerprint density at radius 1 is 1.50 bits per heavy atom. The van der Waals surface area contributed by atoms with Crippen molar-refractivity contribution in [2.45, 2.75) is 12.8 Å². The second-order valence-corrected chi connectivity index (χ2v) is 4.21. The van der Waals surface area contributed by atoms with Gasteiger partial charge in [0.15, 0.2) is 11.4 Å². The maximum absolute atomic E-state index is 10.4. The molecule has 18 heavy (non-hydrogen) atoms. The fraction of sp³-hybridized carbons (Fsp3) is 0.250. The summed E-state index contributed by atoms with van der Waals surface area (Å²) in [5, 5.41) is 20.1. The van der Waals surface area contributed by atoms with E-state index >= 15 is 0 Å². The second-order valence-electron chi connectivity index (χ2n) is 3.42. The molecule has 0 spiro atoms. The molecular formula is C12H13N3O2S. The van der Waals surface area contributed by atoms with Gasteiger partial charge in [-0.2, -0.15) is 5.26 Å². The van der Waals surface area contributed by atoms with Crippen LogP contribution in [0.5, 0.6) is 0 Å². The normalized spacial score (nSPS) is 10.8. The molecule has 1 rings (SSSR count). The van der Waals surface area contributed by atoms with E-state index in [1.165, 1.54) is 11.8 Å². The highest BCUT2D eigenvalue weighted by atomic mass is 32.2. The van der Waals surface area contributed by atoms with Gasteiger partial charge in [0.2, 0.25) is 0 Å². The molecule has 0 fully saturated rings. The average Bonchev–Trinajstić information content (AvgIpc) is 2.37. The highest BCUT2D eigenvalue weighted by Gasteiger charge is 2.00. The van der Waals surface area contributed by atoms with Crippen LogP contribution in [0.15, 0.2) is 29.3 Å². The van der Waals surface area contributed by atoms with Gasteiger partial charge in [0.05, 0.1) is 5.69 Å². The van der Waals surface area contributed by atoms with Gasteiger partial charge in [-0.15, -0.1) is 0 Å². The van der Waals surface area contributed by atoms with E-state index in [2.05, 4.69) is 10.3 Å². The molecule has 0 saturated heterocycles. The minimum atomic E-state index is -0.806. The Balaban J connectivity index is 2.70. The Morgan fingerprint density at radius 3 is 2.67 bits per heavy atom. The number of aliphatic imine (C=N–C) groups is 1. The smallest absolute Gasteiger partial charge is 0.303 e. The summed E-state index contributed by atoms with van der Waals surface area (Å²) in [4.78, 5) is 14.7. The standard InChI is InChI=1S/C12H13N3O2S/c1-18-12(14-8-13)15-10-5-2-9(3-6-10)4-7-11(16)17/h2-3,5-6H,4,7H2,1H3,(H,14,15)(H,16,17). The van der Waals surface area contributed by atoms with Gasteiger partial charge >= 0.3 is 5.97 Å². The van der Waals surface area contributed by atoms with Crippen molar-refractivity contribution in [3.8, 4) is 6.19 Å². The van der Waals surface area contributed by atoms with Crippen molar-refractivity contribution >= 4 is 28.6 Å². The van der Waals surface area contributed by atoms with Crippen molar-refractivity contribution in [1.29, 1.82) is 5.26 Å². The van der Waals surface area contributed by atoms with E-state index in [-0.39, 0.29) is 6.42 Å². The summed E-state index contributed by atoms with van der Waals surface area (Å²) in [7, 11) is 0. The third-order valence-electron chi connectivity index (χ3n) is 2.15. The number of hydrogen-bond donors (Lipinski definition) is 2. The van der Waals surface area contributed by atoms with Crippen LogP contribution in [0.3, 0.4) is 0 Å². The van der Waals surface area contributed by atoms with Gasteiger partial charge in [0.1, 0.15) is 0 Å². The fourth-order valence-corrected chi connectivity index (χ4v) is 1.62. The van der Waals surface area contributed by atoms with E-state index in [9.17, 15) is 4.79 Å². The topological polar surface area (TPSA) is 85.5 Å². The first-order valence-electron chi connectivity index (χ1n) is 5.24. The third-order valence-corrected chi connectivity index (χ3v) is 2.73. The average molecular weight is 263 g/mol. The minimum Gasteiger partial charge on any atom is -0.481 e. The molecule has 5 nitrogen and oxygen atoms in total. The second kappa shape index (κ2) is 7.35. The molecule has 0 aliphatic heterocycles. The summed E-state index contributed by atoms with van der Waals surface area (Å²) in [6, 6.07) is 7.27. The van der Waals surface area contributed by atoms with Gasteiger partial charge in [-0.1, -0.05) is 23.9 Å². The molecule has 0 amide bonds. The van der Waals surface area contributed by atoms with Gasteiger partial charge in [-0.3, -0.25) is 10.1 Å². The number of carboxylic acids is 1. The number of nitriles is 1. The summed E-state index contributed by atoms with van der Waals surface area (Å²) in [6.45, 7) is 0. The molecule has 0 atom stereocenters. The minimum absolute atomic E-state index is 0.120. The summed E-state index contributed by atoms with van der Waals surface area (Å²) < 4.78 is 0. The zero-order chi connectivity index (χ0) is 13.4. The van der Waals surface area contributed by atoms with Crippen LogP contribution >= 0.6 is 11.8 Å². The lowest BCUT2D eigenvalue weighted by molar-refractivity contribution is -0.136. The van der Waals surface area contributed by atoms with Crippen molar-refractivity contribution in [2.24, 2.45) is 4.99 Å². The number of rotatable bonds is 4. The molecule has 1 aromatic rings. The molecule has 0 radical (unpaired) electrons. The van der Waals surface area contributed by atoms with E-state index in [0.29, 0.717) is 11.6 Å². The van der Waals surface area contributed by atoms with Crippen molar-refractivity contribution in [3.63, 3.8) is 0 Å². The van der Waals surface area contributed by atoms with Crippen LogP contribution in [0.4, 0.5) is 5.69 Å². The zero-order valence-electron chi connectivity index (χ0n) is 9.88. The first kappa shape index (κ1) is 14.1. The number of aryl methyl sites for hydroxylation is 1. The molecule has 0 aliphatic carbocycles. The Hall–Kier alpha value is -2.00. The first-order chi connectivity index (χ1) is 8.65. The number of amidine groups is 1. The number of thioether (sulfide) groups is 1. The lowest BCUT2D eigenvalue weighted by atomic mass is 10.1. The highest BCUT2D eigenvalue weighted by molar-refractivity contribution is 8.13. The van der Waals surface area contributed by atoms with Crippen LogP contribution in [0, 0.1) is 11.5 Å². The molecule has 6 heteroatoms. The molecule has 94 valence electrons. The van der Waals surface area contributed by atoms with Crippen LogP contribution in [0.2, 0.25) is 0 Å². The molecule has 0 aliphatic rings. The van der Waals surface area contributed by atoms with E-state index in [1.54, 1.807) is 12.1 Å². The van der Waals surface area contributed by atoms with E-state index in [0.717, 1.165) is 11.3 Å². The maximum atomic E-state index is 10.4. The van der Waals surface area contributed by atoms with Crippen LogP contribution in [0.1, 0.15) is 12.0 Å². The molecule has 0 saturated carbocycles. The van der Waals surface area contributed by atoms with Crippen LogP contribution in [0.25, 0.3) is 0 Å². The number of aliphatic carboxylic acids is 1. The van der Waals surface area contributed by atoms with Gasteiger partial charge < -0.3 is 5.11 Å². The SMILES string of the molecule is CSC(=Nc1ccc(CCC(=O)O)cc1)NC#N. The number of nitrogens with one attached hydrogen (secondary N) is 1. The molecule has 0 bridgehead atoms. The quantitative estimate of drug-likeness (QED) is 0.376. The molecule has 1 aromatic carbocycles. The lowest BCUT2D eigenvalue weighted by Crippen LogP contribution is -2.12. The van der Waals surface area contributed by atoms with Crippen LogP contribution in [-0.2, 0) is 11.2 Å². The van der Waals surface area contributed by atoms with Crippen molar-refractivity contribution < 1.29 is 9.90 Å². The molecular weight excluding hydrogens is 250 g/mol. The Kier molecular flexibility index (Phi) is 5.74. The van der Waals surface area contributed by atoms with Crippen LogP contribution < -0.4 is 5.32 Å². The number of benzene rings is 1. The zero-order valence-corrected chi connectivity index (χ0v) is 10.7. The molecule has 0 heterocycles. The van der Waals surface area contributed by atoms with E-state index in [1.807, 2.05) is 24.6 Å². The fourth-order valence-electron chi connectivity index (χ4n) is 1.28. The lowest BCUT2D eigenvalue weighted by Gasteiger charge is -2.01. The molecule has 2 N–H and O–H groups in total. The Morgan fingerprint density at radius 2 is 2.17 bits per heavy atom. The van der Waals surface area contributed by atoms with E-state index < -0.39 is 5.97 Å². The van der Waals surface area contributed by atoms with Gasteiger partial charge in [-0.25, -0.2) is 4.99 Å². The van der Waals surface area contributed by atoms with E-state index in [4.69, 9.17) is 10.4 Å². The monoisotopic (exact) mass is 263 g/mol. The molecule has 0 unspecified atom stereocenters. The van der Waals surface area contributed by atoms with Gasteiger partial charge in [-0.05, 0) is 30.4 Å². The van der Waals surface area contributed by atoms with Crippen LogP contribution in [-0.4, -0.2) is 22.5 Å². The molecule has 0 aromatic heterocycles. The first-order valence-corrected chi connectivity index (χ1v) is 6.46. The van der Waals surface area contributed by atoms with Gasteiger partial charge in [0.25, 0.3) is 0 Å². The Labute approximate surface area is 110 Å². The number of carbonyl (C=O) groups is 1. The largest absolute Gasteiger partial charge is 0.481 e. The van der Waals surface area contributed by atoms with Crippen molar-refractivity contribution in [2.75, 3.05) is 6.26 Å².